The maximum atomic E-state index is 12.3. The van der Waals surface area contributed by atoms with E-state index in [1.54, 1.807) is 0 Å². The smallest absolute Gasteiger partial charge is 0.334 e. The molecule has 1 heterocycles. The van der Waals surface area contributed by atoms with Crippen molar-refractivity contribution in [2.45, 2.75) is 22.7 Å². The lowest BCUT2D eigenvalue weighted by Crippen LogP contribution is -2.40. The van der Waals surface area contributed by atoms with Crippen molar-refractivity contribution in [3.8, 4) is 0 Å². The molecule has 1 unspecified atom stereocenters. The first-order chi connectivity index (χ1) is 9.62. The zero-order valence-corrected chi connectivity index (χ0v) is 12.2. The second-order valence-corrected chi connectivity index (χ2v) is 7.32. The van der Waals surface area contributed by atoms with Gasteiger partial charge in [-0.1, -0.05) is 11.6 Å². The van der Waals surface area contributed by atoms with Gasteiger partial charge >= 0.3 is 12.1 Å². The van der Waals surface area contributed by atoms with E-state index in [0.29, 0.717) is 9.92 Å². The van der Waals surface area contributed by atoms with E-state index in [1.807, 2.05) is 0 Å². The number of rotatable bonds is 2. The highest BCUT2D eigenvalue weighted by molar-refractivity contribution is 7.92. The highest BCUT2D eigenvalue weighted by Gasteiger charge is 2.46. The fourth-order valence-electron chi connectivity index (χ4n) is 2.16. The number of hydrogen-bond donors (Lipinski definition) is 0. The third-order valence-electron chi connectivity index (χ3n) is 3.26. The highest BCUT2D eigenvalue weighted by Crippen LogP contribution is 2.28. The zero-order valence-electron chi connectivity index (χ0n) is 10.6. The van der Waals surface area contributed by atoms with Gasteiger partial charge < -0.3 is 4.90 Å². The first-order valence-corrected chi connectivity index (χ1v) is 7.90. The van der Waals surface area contributed by atoms with Gasteiger partial charge in [0.05, 0.1) is 10.1 Å². The highest BCUT2D eigenvalue weighted by atomic mass is 35.5. The molecule has 1 aliphatic rings. The molecule has 1 fully saturated rings. The van der Waals surface area contributed by atoms with E-state index in [0.717, 1.165) is 0 Å². The van der Waals surface area contributed by atoms with Crippen molar-refractivity contribution < 1.29 is 26.4 Å². The number of amides is 1. The molecule has 9 heteroatoms. The maximum Gasteiger partial charge on any atom is 0.471 e. The Morgan fingerprint density at radius 2 is 1.81 bits per heavy atom. The van der Waals surface area contributed by atoms with Crippen LogP contribution in [0.4, 0.5) is 13.2 Å². The number of carbonyl (C=O) groups is 1. The third-order valence-corrected chi connectivity index (χ3v) is 5.70. The molecule has 1 aromatic carbocycles. The van der Waals surface area contributed by atoms with E-state index in [2.05, 4.69) is 0 Å². The molecular formula is C12H11ClF3NO3S. The van der Waals surface area contributed by atoms with Crippen LogP contribution in [0.3, 0.4) is 0 Å². The molecule has 0 bridgehead atoms. The number of halogens is 4. The van der Waals surface area contributed by atoms with Gasteiger partial charge in [0, 0.05) is 18.1 Å². The van der Waals surface area contributed by atoms with Gasteiger partial charge in [-0.05, 0) is 30.7 Å². The fraction of sp³-hybridized carbons (Fsp3) is 0.417. The van der Waals surface area contributed by atoms with Gasteiger partial charge in [0.1, 0.15) is 0 Å². The molecule has 1 saturated heterocycles. The molecule has 0 saturated carbocycles. The summed E-state index contributed by atoms with van der Waals surface area (Å²) in [4.78, 5) is 11.6. The summed E-state index contributed by atoms with van der Waals surface area (Å²) < 4.78 is 61.6. The lowest BCUT2D eigenvalue weighted by atomic mass is 10.4. The minimum Gasteiger partial charge on any atom is -0.334 e. The Balaban J connectivity index is 2.17. The molecule has 1 aliphatic heterocycles. The second-order valence-electron chi connectivity index (χ2n) is 4.66. The molecular weight excluding hydrogens is 331 g/mol. The van der Waals surface area contributed by atoms with Crippen molar-refractivity contribution in [1.29, 1.82) is 0 Å². The van der Waals surface area contributed by atoms with E-state index in [1.165, 1.54) is 24.3 Å². The quantitative estimate of drug-likeness (QED) is 0.829. The van der Waals surface area contributed by atoms with Crippen molar-refractivity contribution in [3.63, 3.8) is 0 Å². The van der Waals surface area contributed by atoms with E-state index in [9.17, 15) is 26.4 Å². The monoisotopic (exact) mass is 341 g/mol. The molecule has 0 spiro atoms. The van der Waals surface area contributed by atoms with E-state index >= 15 is 0 Å². The molecule has 4 nitrogen and oxygen atoms in total. The van der Waals surface area contributed by atoms with Crippen molar-refractivity contribution in [1.82, 2.24) is 4.90 Å². The molecule has 0 aliphatic carbocycles. The predicted molar refractivity (Wildman–Crippen MR) is 69.7 cm³/mol. The van der Waals surface area contributed by atoms with Gasteiger partial charge in [0.25, 0.3) is 0 Å². The number of carbonyl (C=O) groups excluding carboxylic acids is 1. The Hall–Kier alpha value is -1.28. The number of benzene rings is 1. The summed E-state index contributed by atoms with van der Waals surface area (Å²) in [6.45, 7) is -0.681. The Bertz CT molecular complexity index is 643. The van der Waals surface area contributed by atoms with E-state index in [4.69, 9.17) is 11.6 Å². The van der Waals surface area contributed by atoms with E-state index < -0.39 is 33.7 Å². The van der Waals surface area contributed by atoms with Crippen LogP contribution >= 0.6 is 11.6 Å². The van der Waals surface area contributed by atoms with Crippen LogP contribution in [0.15, 0.2) is 29.2 Å². The van der Waals surface area contributed by atoms with Gasteiger partial charge in [0.2, 0.25) is 0 Å². The van der Waals surface area contributed by atoms with Crippen molar-refractivity contribution in [3.05, 3.63) is 29.3 Å². The largest absolute Gasteiger partial charge is 0.471 e. The standard InChI is InChI=1S/C12H11ClF3NO3S/c13-8-1-3-9(4-2-8)21(19,20)10-5-6-17(7-10)11(18)12(14,15)16/h1-4,10H,5-7H2. The van der Waals surface area contributed by atoms with Gasteiger partial charge in [-0.3, -0.25) is 4.79 Å². The average Bonchev–Trinajstić information content (AvgIpc) is 2.87. The molecule has 0 radical (unpaired) electrons. The Morgan fingerprint density at radius 1 is 1.24 bits per heavy atom. The van der Waals surface area contributed by atoms with E-state index in [-0.39, 0.29) is 17.9 Å². The molecule has 0 N–H and O–H groups in total. The molecule has 1 atom stereocenters. The van der Waals surface area contributed by atoms with Crippen LogP contribution < -0.4 is 0 Å². The fourth-order valence-corrected chi connectivity index (χ4v) is 3.98. The van der Waals surface area contributed by atoms with Gasteiger partial charge in [-0.2, -0.15) is 13.2 Å². The van der Waals surface area contributed by atoms with Crippen LogP contribution in [0.2, 0.25) is 5.02 Å². The van der Waals surface area contributed by atoms with Gasteiger partial charge in [-0.25, -0.2) is 8.42 Å². The maximum absolute atomic E-state index is 12.3. The minimum absolute atomic E-state index is 0.0155. The molecule has 21 heavy (non-hydrogen) atoms. The lowest BCUT2D eigenvalue weighted by Gasteiger charge is -2.18. The van der Waals surface area contributed by atoms with Crippen LogP contribution in [-0.2, 0) is 14.6 Å². The summed E-state index contributed by atoms with van der Waals surface area (Å²) in [5.74, 6) is -2.00. The molecule has 116 valence electrons. The van der Waals surface area contributed by atoms with Crippen molar-refractivity contribution in [2.24, 2.45) is 0 Å². The Morgan fingerprint density at radius 3 is 2.33 bits per heavy atom. The third kappa shape index (κ3) is 3.32. The van der Waals surface area contributed by atoms with Crippen LogP contribution in [0.25, 0.3) is 0 Å². The SMILES string of the molecule is O=C(N1CCC(S(=O)(=O)c2ccc(Cl)cc2)C1)C(F)(F)F. The number of likely N-dealkylation sites (tertiary alicyclic amines) is 1. The first-order valence-electron chi connectivity index (χ1n) is 5.98. The van der Waals surface area contributed by atoms with Gasteiger partial charge in [0.15, 0.2) is 9.84 Å². The van der Waals surface area contributed by atoms with Crippen molar-refractivity contribution >= 4 is 27.3 Å². The summed E-state index contributed by atoms with van der Waals surface area (Å²) in [6, 6.07) is 5.38. The molecule has 1 amide bonds. The first kappa shape index (κ1) is 16.1. The normalized spacial score (nSPS) is 19.8. The minimum atomic E-state index is -4.99. The van der Waals surface area contributed by atoms with Gasteiger partial charge in [-0.15, -0.1) is 0 Å². The zero-order chi connectivity index (χ0) is 15.8. The predicted octanol–water partition coefficient (Wildman–Crippen LogP) is 2.28. The Kier molecular flexibility index (Phi) is 4.21. The van der Waals surface area contributed by atoms with Crippen LogP contribution in [0.1, 0.15) is 6.42 Å². The Labute approximate surface area is 124 Å². The summed E-state index contributed by atoms with van der Waals surface area (Å²) in [6.07, 6.45) is -5.01. The number of alkyl halides is 3. The van der Waals surface area contributed by atoms with Crippen LogP contribution in [0, 0.1) is 0 Å². The summed E-state index contributed by atoms with van der Waals surface area (Å²) in [7, 11) is -3.79. The lowest BCUT2D eigenvalue weighted by molar-refractivity contribution is -0.184. The summed E-state index contributed by atoms with van der Waals surface area (Å²) in [5, 5.41) is -0.681. The number of nitrogens with zero attached hydrogens (tertiary/aromatic N) is 1. The molecule has 0 aromatic heterocycles. The number of sulfone groups is 1. The molecule has 2 rings (SSSR count). The average molecular weight is 342 g/mol. The summed E-state index contributed by atoms with van der Waals surface area (Å²) in [5.41, 5.74) is 0. The van der Waals surface area contributed by atoms with Crippen molar-refractivity contribution in [2.75, 3.05) is 13.1 Å². The summed E-state index contributed by atoms with van der Waals surface area (Å²) >= 11 is 5.66. The second kappa shape index (κ2) is 5.49. The molecule has 1 aromatic rings. The number of hydrogen-bond acceptors (Lipinski definition) is 3. The topological polar surface area (TPSA) is 54.5 Å². The van der Waals surface area contributed by atoms with Crippen LogP contribution in [0.5, 0.6) is 0 Å². The van der Waals surface area contributed by atoms with Crippen LogP contribution in [-0.4, -0.2) is 43.7 Å².